The fourth-order valence-corrected chi connectivity index (χ4v) is 3.58. The summed E-state index contributed by atoms with van der Waals surface area (Å²) in [6.45, 7) is 4.74. The van der Waals surface area contributed by atoms with E-state index < -0.39 is 13.3 Å². The molecule has 1 aromatic rings. The molecule has 0 aliphatic carbocycles. The van der Waals surface area contributed by atoms with Crippen LogP contribution in [0.25, 0.3) is 0 Å². The van der Waals surface area contributed by atoms with Crippen LogP contribution in [0.2, 0.25) is 0 Å². The van der Waals surface area contributed by atoms with Gasteiger partial charge in [-0.2, -0.15) is 8.78 Å². The molecule has 0 N–H and O–H groups in total. The second-order valence-electron chi connectivity index (χ2n) is 4.28. The molecule has 0 saturated heterocycles. The summed E-state index contributed by atoms with van der Waals surface area (Å²) in [6.07, 6.45) is 1.21. The molecule has 0 atom stereocenters. The molecule has 0 aliphatic heterocycles. The van der Waals surface area contributed by atoms with Crippen molar-refractivity contribution in [3.63, 3.8) is 0 Å². The predicted molar refractivity (Wildman–Crippen MR) is 75.2 cm³/mol. The van der Waals surface area contributed by atoms with Crippen LogP contribution in [0.15, 0.2) is 24.3 Å². The second-order valence-corrected chi connectivity index (χ2v) is 6.35. The molecule has 0 aromatic heterocycles. The van der Waals surface area contributed by atoms with Crippen LogP contribution in [-0.4, -0.2) is 13.2 Å². The minimum absolute atomic E-state index is 0.0944. The van der Waals surface area contributed by atoms with Crippen molar-refractivity contribution in [2.75, 3.05) is 13.2 Å². The van der Waals surface area contributed by atoms with Gasteiger partial charge in [0.2, 0.25) is 0 Å². The van der Waals surface area contributed by atoms with Gasteiger partial charge in [-0.3, -0.25) is 4.57 Å². The zero-order chi connectivity index (χ0) is 15.2. The van der Waals surface area contributed by atoms with Crippen LogP contribution in [0.1, 0.15) is 38.3 Å². The van der Waals surface area contributed by atoms with Gasteiger partial charge in [-0.1, -0.05) is 37.6 Å². The number of hydrogen-bond acceptors (Lipinski definition) is 3. The van der Waals surface area contributed by atoms with Crippen molar-refractivity contribution >= 4 is 7.60 Å². The summed E-state index contributed by atoms with van der Waals surface area (Å²) in [5.41, 5.74) is -3.45. The Bertz CT molecular complexity index is 467. The Morgan fingerprint density at radius 1 is 1.10 bits per heavy atom. The molecule has 0 fully saturated rings. The molecule has 1 aromatic carbocycles. The van der Waals surface area contributed by atoms with Gasteiger partial charge in [0.05, 0.1) is 13.2 Å². The lowest BCUT2D eigenvalue weighted by Gasteiger charge is -2.27. The smallest absolute Gasteiger partial charge is 0.304 e. The first kappa shape index (κ1) is 17.3. The van der Waals surface area contributed by atoms with Crippen molar-refractivity contribution in [1.82, 2.24) is 0 Å². The molecule has 0 unspecified atom stereocenters. The molecule has 20 heavy (non-hydrogen) atoms. The Hall–Kier alpha value is -0.770. The molecule has 0 amide bonds. The van der Waals surface area contributed by atoms with Crippen LogP contribution >= 0.6 is 7.60 Å². The Morgan fingerprint density at radius 2 is 1.65 bits per heavy atom. The Morgan fingerprint density at radius 3 is 2.15 bits per heavy atom. The van der Waals surface area contributed by atoms with E-state index in [4.69, 9.17) is 9.05 Å². The third kappa shape index (κ3) is 3.46. The molecular formula is C14H21F2O3P. The maximum atomic E-state index is 14.6. The summed E-state index contributed by atoms with van der Waals surface area (Å²) in [5.74, 6) is 0. The first-order valence-corrected chi connectivity index (χ1v) is 8.32. The quantitative estimate of drug-likeness (QED) is 0.637. The summed E-state index contributed by atoms with van der Waals surface area (Å²) in [4.78, 5) is 0. The molecule has 3 nitrogen and oxygen atoms in total. The molecule has 1 rings (SSSR count). The van der Waals surface area contributed by atoms with Crippen molar-refractivity contribution in [2.24, 2.45) is 0 Å². The first-order valence-electron chi connectivity index (χ1n) is 6.78. The highest BCUT2D eigenvalue weighted by Crippen LogP contribution is 2.67. The predicted octanol–water partition coefficient (Wildman–Crippen LogP) is 4.95. The maximum absolute atomic E-state index is 14.6. The first-order chi connectivity index (χ1) is 9.43. The lowest BCUT2D eigenvalue weighted by Crippen LogP contribution is -2.20. The Kier molecular flexibility index (Phi) is 6.31. The average Bonchev–Trinajstić information content (AvgIpc) is 2.40. The van der Waals surface area contributed by atoms with E-state index >= 15 is 0 Å². The largest absolute Gasteiger partial charge is 0.404 e. The number of halogens is 2. The van der Waals surface area contributed by atoms with Gasteiger partial charge >= 0.3 is 13.3 Å². The third-order valence-electron chi connectivity index (χ3n) is 2.80. The topological polar surface area (TPSA) is 35.5 Å². The second kappa shape index (κ2) is 7.30. The van der Waals surface area contributed by atoms with E-state index in [0.717, 1.165) is 6.42 Å². The number of hydrogen-bond donors (Lipinski definition) is 0. The summed E-state index contributed by atoms with van der Waals surface area (Å²) in [6, 6.07) is 6.10. The highest BCUT2D eigenvalue weighted by Gasteiger charge is 2.55. The minimum Gasteiger partial charge on any atom is -0.304 e. The SMILES string of the molecule is CCCc1ccccc1C(F)(F)P(=O)(OCC)OCC. The normalized spacial score (nSPS) is 12.7. The van der Waals surface area contributed by atoms with E-state index in [1.54, 1.807) is 12.1 Å². The van der Waals surface area contributed by atoms with Crippen LogP contribution < -0.4 is 0 Å². The van der Waals surface area contributed by atoms with Gasteiger partial charge in [-0.25, -0.2) is 0 Å². The number of rotatable bonds is 8. The molecule has 0 saturated carbocycles. The monoisotopic (exact) mass is 306 g/mol. The molecule has 6 heteroatoms. The molecule has 0 radical (unpaired) electrons. The van der Waals surface area contributed by atoms with Crippen LogP contribution in [-0.2, 0) is 25.7 Å². The van der Waals surface area contributed by atoms with Gasteiger partial charge < -0.3 is 9.05 Å². The van der Waals surface area contributed by atoms with Gasteiger partial charge in [0.25, 0.3) is 0 Å². The van der Waals surface area contributed by atoms with Crippen LogP contribution in [0.3, 0.4) is 0 Å². The molecule has 0 spiro atoms. The van der Waals surface area contributed by atoms with Crippen molar-refractivity contribution in [3.8, 4) is 0 Å². The van der Waals surface area contributed by atoms with E-state index in [1.165, 1.54) is 26.0 Å². The number of benzene rings is 1. The van der Waals surface area contributed by atoms with Crippen LogP contribution in [0.4, 0.5) is 8.78 Å². The Balaban J connectivity index is 3.29. The van der Waals surface area contributed by atoms with Gasteiger partial charge in [-0.05, 0) is 25.8 Å². The van der Waals surface area contributed by atoms with Crippen molar-refractivity contribution < 1.29 is 22.4 Å². The van der Waals surface area contributed by atoms with Crippen LogP contribution in [0.5, 0.6) is 0 Å². The average molecular weight is 306 g/mol. The summed E-state index contributed by atoms with van der Waals surface area (Å²) >= 11 is 0. The van der Waals surface area contributed by atoms with E-state index in [1.807, 2.05) is 6.92 Å². The van der Waals surface area contributed by atoms with Gasteiger partial charge in [-0.15, -0.1) is 0 Å². The van der Waals surface area contributed by atoms with Crippen LogP contribution in [0, 0.1) is 0 Å². The number of alkyl halides is 2. The molecule has 114 valence electrons. The van der Waals surface area contributed by atoms with Crippen molar-refractivity contribution in [2.45, 2.75) is 39.3 Å². The minimum atomic E-state index is -4.53. The van der Waals surface area contributed by atoms with E-state index in [9.17, 15) is 13.3 Å². The van der Waals surface area contributed by atoms with E-state index in [-0.39, 0.29) is 18.8 Å². The summed E-state index contributed by atoms with van der Waals surface area (Å²) < 4.78 is 51.3. The number of aryl methyl sites for hydroxylation is 1. The maximum Gasteiger partial charge on any atom is 0.404 e. The summed E-state index contributed by atoms with van der Waals surface area (Å²) in [5, 5.41) is 0. The summed E-state index contributed by atoms with van der Waals surface area (Å²) in [7, 11) is -4.53. The molecule has 0 aliphatic rings. The molecule has 0 bridgehead atoms. The lowest BCUT2D eigenvalue weighted by molar-refractivity contribution is 0.0353. The highest BCUT2D eigenvalue weighted by molar-refractivity contribution is 7.54. The lowest BCUT2D eigenvalue weighted by atomic mass is 10.0. The van der Waals surface area contributed by atoms with Crippen molar-refractivity contribution in [3.05, 3.63) is 35.4 Å². The zero-order valence-corrected chi connectivity index (χ0v) is 13.0. The highest BCUT2D eigenvalue weighted by atomic mass is 31.2. The van der Waals surface area contributed by atoms with Gasteiger partial charge in [0.1, 0.15) is 0 Å². The fourth-order valence-electron chi connectivity index (χ4n) is 1.99. The molecular weight excluding hydrogens is 285 g/mol. The van der Waals surface area contributed by atoms with E-state index in [2.05, 4.69) is 0 Å². The molecule has 0 heterocycles. The van der Waals surface area contributed by atoms with Crippen molar-refractivity contribution in [1.29, 1.82) is 0 Å². The zero-order valence-electron chi connectivity index (χ0n) is 12.1. The third-order valence-corrected chi connectivity index (χ3v) is 4.93. The van der Waals surface area contributed by atoms with Gasteiger partial charge in [0.15, 0.2) is 0 Å². The fraction of sp³-hybridized carbons (Fsp3) is 0.571. The van der Waals surface area contributed by atoms with Gasteiger partial charge in [0, 0.05) is 5.56 Å². The standard InChI is InChI=1S/C14H21F2O3P/c1-4-9-12-10-7-8-11-13(12)14(15,16)20(17,18-5-2)19-6-3/h7-8,10-11H,4-6,9H2,1-3H3. The Labute approximate surface area is 118 Å². The van der Waals surface area contributed by atoms with E-state index in [0.29, 0.717) is 12.0 Å².